The highest BCUT2D eigenvalue weighted by atomic mass is 15.2. The van der Waals surface area contributed by atoms with Gasteiger partial charge >= 0.3 is 0 Å². The number of nitrogens with one attached hydrogen (secondary N) is 1. The molecule has 1 aliphatic rings. The zero-order valence-corrected chi connectivity index (χ0v) is 24.0. The van der Waals surface area contributed by atoms with E-state index in [-0.39, 0.29) is 0 Å². The van der Waals surface area contributed by atoms with Gasteiger partial charge in [-0.15, -0.1) is 0 Å². The van der Waals surface area contributed by atoms with Crippen LogP contribution in [0, 0.1) is 0 Å². The summed E-state index contributed by atoms with van der Waals surface area (Å²) in [6.07, 6.45) is 36.4. The number of nitrogens with zero attached hydrogens (tertiary/aromatic N) is 1. The molecule has 0 amide bonds. The fraction of sp³-hybridized carbons (Fsp3) is 1.00. The third-order valence-corrected chi connectivity index (χ3v) is 8.16. The van der Waals surface area contributed by atoms with E-state index >= 15 is 0 Å². The Morgan fingerprint density at radius 2 is 0.882 bits per heavy atom. The van der Waals surface area contributed by atoms with Crippen LogP contribution in [0.5, 0.6) is 0 Å². The molecule has 2 nitrogen and oxygen atoms in total. The molecule has 1 N–H and O–H groups in total. The van der Waals surface area contributed by atoms with Crippen molar-refractivity contribution in [3.8, 4) is 0 Å². The summed E-state index contributed by atoms with van der Waals surface area (Å²) >= 11 is 0. The molecule has 1 rings (SSSR count). The lowest BCUT2D eigenvalue weighted by Crippen LogP contribution is -2.51. The maximum atomic E-state index is 3.66. The van der Waals surface area contributed by atoms with Crippen molar-refractivity contribution < 1.29 is 0 Å². The lowest BCUT2D eigenvalue weighted by molar-refractivity contribution is 0.147. The van der Waals surface area contributed by atoms with E-state index in [4.69, 9.17) is 0 Å². The Balaban J connectivity index is 1.90. The molecule has 0 saturated carbocycles. The van der Waals surface area contributed by atoms with Crippen LogP contribution in [0.1, 0.15) is 174 Å². The van der Waals surface area contributed by atoms with Crippen molar-refractivity contribution in [3.05, 3.63) is 0 Å². The molecule has 1 saturated heterocycles. The van der Waals surface area contributed by atoms with E-state index in [0.29, 0.717) is 0 Å². The highest BCUT2D eigenvalue weighted by Gasteiger charge is 2.20. The second kappa shape index (κ2) is 26.0. The van der Waals surface area contributed by atoms with Crippen molar-refractivity contribution in [1.82, 2.24) is 10.2 Å². The average Bonchev–Trinajstić information content (AvgIpc) is 2.86. The van der Waals surface area contributed by atoms with Gasteiger partial charge in [-0.1, -0.05) is 162 Å². The Labute approximate surface area is 216 Å². The summed E-state index contributed by atoms with van der Waals surface area (Å²) in [7, 11) is 0. The van der Waals surface area contributed by atoms with Gasteiger partial charge in [0, 0.05) is 25.7 Å². The number of hydrogen-bond donors (Lipinski definition) is 1. The van der Waals surface area contributed by atoms with Crippen molar-refractivity contribution in [2.45, 2.75) is 180 Å². The summed E-state index contributed by atoms with van der Waals surface area (Å²) in [5.41, 5.74) is 0. The lowest BCUT2D eigenvalue weighted by atomic mass is 10.0. The van der Waals surface area contributed by atoms with Gasteiger partial charge < -0.3 is 5.32 Å². The third kappa shape index (κ3) is 20.1. The summed E-state index contributed by atoms with van der Waals surface area (Å²) in [6, 6.07) is 0.810. The van der Waals surface area contributed by atoms with Crippen LogP contribution in [0.2, 0.25) is 0 Å². The first-order chi connectivity index (χ1) is 16.9. The molecule has 34 heavy (non-hydrogen) atoms. The highest BCUT2D eigenvalue weighted by Crippen LogP contribution is 2.17. The Hall–Kier alpha value is -0.0800. The number of hydrogen-bond acceptors (Lipinski definition) is 2. The van der Waals surface area contributed by atoms with Crippen LogP contribution in [-0.4, -0.2) is 37.1 Å². The fourth-order valence-electron chi connectivity index (χ4n) is 5.76. The molecule has 0 radical (unpaired) electrons. The van der Waals surface area contributed by atoms with Gasteiger partial charge in [-0.05, 0) is 19.4 Å². The predicted molar refractivity (Wildman–Crippen MR) is 155 cm³/mol. The summed E-state index contributed by atoms with van der Waals surface area (Å²) in [5.74, 6) is 0. The first-order valence-electron chi connectivity index (χ1n) is 16.3. The van der Waals surface area contributed by atoms with E-state index in [9.17, 15) is 0 Å². The second-order valence-corrected chi connectivity index (χ2v) is 11.5. The Morgan fingerprint density at radius 3 is 1.32 bits per heavy atom. The summed E-state index contributed by atoms with van der Waals surface area (Å²) < 4.78 is 0. The van der Waals surface area contributed by atoms with Gasteiger partial charge in [0.2, 0.25) is 0 Å². The smallest absolute Gasteiger partial charge is 0.0221 e. The summed E-state index contributed by atoms with van der Waals surface area (Å²) in [5, 5.41) is 3.66. The van der Waals surface area contributed by atoms with Gasteiger partial charge in [-0.2, -0.15) is 0 Å². The minimum Gasteiger partial charge on any atom is -0.314 e. The van der Waals surface area contributed by atoms with Crippen LogP contribution in [0.3, 0.4) is 0 Å². The second-order valence-electron chi connectivity index (χ2n) is 11.5. The molecule has 1 heterocycles. The standard InChI is InChI=1S/C32H66N2/c1-3-5-7-9-11-13-15-17-19-21-23-25-27-32-31-33-28-30-34(32)29-26-24-22-20-18-16-14-12-10-8-6-4-2/h32-33H,3-31H2,1-2H3. The maximum absolute atomic E-state index is 3.66. The van der Waals surface area contributed by atoms with Crippen LogP contribution in [0.25, 0.3) is 0 Å². The zero-order valence-electron chi connectivity index (χ0n) is 24.0. The van der Waals surface area contributed by atoms with Gasteiger partial charge in [0.15, 0.2) is 0 Å². The molecule has 0 aromatic rings. The minimum atomic E-state index is 0.810. The van der Waals surface area contributed by atoms with E-state index in [1.165, 1.54) is 187 Å². The van der Waals surface area contributed by atoms with Crippen LogP contribution in [0.4, 0.5) is 0 Å². The van der Waals surface area contributed by atoms with Crippen molar-refractivity contribution in [1.29, 1.82) is 0 Å². The highest BCUT2D eigenvalue weighted by molar-refractivity contribution is 4.79. The third-order valence-electron chi connectivity index (χ3n) is 8.16. The Bertz CT molecular complexity index is 347. The van der Waals surface area contributed by atoms with E-state index < -0.39 is 0 Å². The van der Waals surface area contributed by atoms with Gasteiger partial charge in [0.1, 0.15) is 0 Å². The number of rotatable bonds is 26. The monoisotopic (exact) mass is 479 g/mol. The molecule has 0 spiro atoms. The molecule has 2 heteroatoms. The number of unbranched alkanes of at least 4 members (excludes halogenated alkanes) is 22. The summed E-state index contributed by atoms with van der Waals surface area (Å²) in [6.45, 7) is 9.68. The van der Waals surface area contributed by atoms with Crippen LogP contribution >= 0.6 is 0 Å². The normalized spacial score (nSPS) is 16.9. The quantitative estimate of drug-likeness (QED) is 0.124. The van der Waals surface area contributed by atoms with E-state index in [1.54, 1.807) is 0 Å². The molecule has 1 atom stereocenters. The fourth-order valence-corrected chi connectivity index (χ4v) is 5.76. The molecule has 1 fully saturated rings. The molecular formula is C32H66N2. The molecule has 0 aromatic heterocycles. The molecule has 1 aliphatic heterocycles. The molecule has 1 unspecified atom stereocenters. The Morgan fingerprint density at radius 1 is 0.500 bits per heavy atom. The SMILES string of the molecule is CCCCCCCCCCCCCCC1CNCCN1CCCCCCCCCCCCCC. The number of piperazine rings is 1. The van der Waals surface area contributed by atoms with E-state index in [2.05, 4.69) is 24.1 Å². The van der Waals surface area contributed by atoms with Crippen LogP contribution < -0.4 is 5.32 Å². The van der Waals surface area contributed by atoms with Gasteiger partial charge in [0.25, 0.3) is 0 Å². The van der Waals surface area contributed by atoms with Crippen LogP contribution in [0.15, 0.2) is 0 Å². The van der Waals surface area contributed by atoms with E-state index in [1.807, 2.05) is 0 Å². The molecule has 0 bridgehead atoms. The first kappa shape index (κ1) is 31.9. The Kier molecular flexibility index (Phi) is 24.4. The average molecular weight is 479 g/mol. The van der Waals surface area contributed by atoms with E-state index in [0.717, 1.165) is 6.04 Å². The largest absolute Gasteiger partial charge is 0.314 e. The molecule has 204 valence electrons. The van der Waals surface area contributed by atoms with Gasteiger partial charge in [0.05, 0.1) is 0 Å². The zero-order chi connectivity index (χ0) is 24.4. The lowest BCUT2D eigenvalue weighted by Gasteiger charge is -2.36. The van der Waals surface area contributed by atoms with Gasteiger partial charge in [-0.3, -0.25) is 4.90 Å². The van der Waals surface area contributed by atoms with Gasteiger partial charge in [-0.25, -0.2) is 0 Å². The van der Waals surface area contributed by atoms with Crippen molar-refractivity contribution in [2.75, 3.05) is 26.2 Å². The maximum Gasteiger partial charge on any atom is 0.0221 e. The predicted octanol–water partition coefficient (Wildman–Crippen LogP) is 10.1. The molecule has 0 aliphatic carbocycles. The minimum absolute atomic E-state index is 0.810. The molecule has 0 aromatic carbocycles. The summed E-state index contributed by atoms with van der Waals surface area (Å²) in [4.78, 5) is 2.82. The molecular weight excluding hydrogens is 412 g/mol. The van der Waals surface area contributed by atoms with Crippen molar-refractivity contribution in [2.24, 2.45) is 0 Å². The first-order valence-corrected chi connectivity index (χ1v) is 16.3. The van der Waals surface area contributed by atoms with Crippen molar-refractivity contribution >= 4 is 0 Å². The van der Waals surface area contributed by atoms with Crippen LogP contribution in [-0.2, 0) is 0 Å². The topological polar surface area (TPSA) is 15.3 Å². The van der Waals surface area contributed by atoms with Crippen molar-refractivity contribution in [3.63, 3.8) is 0 Å².